The van der Waals surface area contributed by atoms with Crippen LogP contribution in [0.2, 0.25) is 0 Å². The van der Waals surface area contributed by atoms with Crippen molar-refractivity contribution in [3.05, 3.63) is 17.1 Å². The zero-order valence-corrected chi connectivity index (χ0v) is 18.2. The van der Waals surface area contributed by atoms with E-state index in [0.717, 1.165) is 62.0 Å². The fourth-order valence-corrected chi connectivity index (χ4v) is 7.18. The largest absolute Gasteiger partial charge is 0.373 e. The Morgan fingerprint density at radius 2 is 1.83 bits per heavy atom. The van der Waals surface area contributed by atoms with Gasteiger partial charge in [-0.1, -0.05) is 19.3 Å². The van der Waals surface area contributed by atoms with Crippen LogP contribution < -0.4 is 5.32 Å². The topological polar surface area (TPSA) is 95.5 Å². The van der Waals surface area contributed by atoms with Crippen LogP contribution in [0.3, 0.4) is 0 Å². The number of nitrogens with one attached hydrogen (secondary N) is 1. The predicted octanol–water partition coefficient (Wildman–Crippen LogP) is 2.22. The quantitative estimate of drug-likeness (QED) is 0.801. The number of rotatable bonds is 4. The lowest BCUT2D eigenvalue weighted by Gasteiger charge is -2.32. The number of carbonyl (C=O) groups is 1. The van der Waals surface area contributed by atoms with Gasteiger partial charge in [-0.15, -0.1) is 0 Å². The highest BCUT2D eigenvalue weighted by Crippen LogP contribution is 2.38. The fourth-order valence-electron chi connectivity index (χ4n) is 4.93. The van der Waals surface area contributed by atoms with Crippen molar-refractivity contribution in [3.8, 4) is 0 Å². The SMILES string of the molecule is CNc1nc(C2CCCN2S(=O)(=O)C2CCCCC2)nc2c1CCN(C(C)=O)C2. The van der Waals surface area contributed by atoms with Crippen LogP contribution in [0.15, 0.2) is 0 Å². The van der Waals surface area contributed by atoms with Gasteiger partial charge in [0.1, 0.15) is 11.6 Å². The number of anilines is 1. The molecule has 29 heavy (non-hydrogen) atoms. The molecule has 0 spiro atoms. The first kappa shape index (κ1) is 20.5. The molecule has 1 N–H and O–H groups in total. The predicted molar refractivity (Wildman–Crippen MR) is 111 cm³/mol. The molecule has 1 atom stereocenters. The van der Waals surface area contributed by atoms with Gasteiger partial charge in [-0.2, -0.15) is 4.31 Å². The monoisotopic (exact) mass is 421 g/mol. The first-order valence-corrected chi connectivity index (χ1v) is 12.3. The molecule has 0 aromatic carbocycles. The van der Waals surface area contributed by atoms with Crippen LogP contribution in [0.25, 0.3) is 0 Å². The van der Waals surface area contributed by atoms with E-state index in [1.165, 1.54) is 0 Å². The molecule has 1 unspecified atom stereocenters. The summed E-state index contributed by atoms with van der Waals surface area (Å²) in [4.78, 5) is 23.2. The molecule has 3 aliphatic rings. The second-order valence-corrected chi connectivity index (χ2v) is 10.5. The molecule has 2 aliphatic heterocycles. The van der Waals surface area contributed by atoms with E-state index in [-0.39, 0.29) is 17.2 Å². The van der Waals surface area contributed by atoms with Crippen molar-refractivity contribution in [3.63, 3.8) is 0 Å². The standard InChI is InChI=1S/C20H31N5O3S/c1-14(26)24-12-10-16-17(13-24)22-20(23-19(16)21-2)18-9-6-11-25(18)29(27,28)15-7-4-3-5-8-15/h15,18H,3-13H2,1-2H3,(H,21,22,23). The number of sulfonamides is 1. The number of amides is 1. The van der Waals surface area contributed by atoms with E-state index in [0.29, 0.717) is 31.9 Å². The summed E-state index contributed by atoms with van der Waals surface area (Å²) < 4.78 is 28.4. The van der Waals surface area contributed by atoms with Crippen molar-refractivity contribution in [2.24, 2.45) is 0 Å². The van der Waals surface area contributed by atoms with E-state index < -0.39 is 10.0 Å². The molecule has 4 rings (SSSR count). The van der Waals surface area contributed by atoms with Crippen LogP contribution in [-0.4, -0.2) is 58.9 Å². The summed E-state index contributed by atoms with van der Waals surface area (Å²) in [5.41, 5.74) is 1.87. The summed E-state index contributed by atoms with van der Waals surface area (Å²) in [5, 5.41) is 2.89. The third-order valence-corrected chi connectivity index (χ3v) is 8.97. The lowest BCUT2D eigenvalue weighted by molar-refractivity contribution is -0.129. The second kappa shape index (κ2) is 8.18. The van der Waals surface area contributed by atoms with E-state index in [4.69, 9.17) is 9.97 Å². The van der Waals surface area contributed by atoms with Crippen molar-refractivity contribution in [1.29, 1.82) is 0 Å². The average Bonchev–Trinajstić information content (AvgIpc) is 3.24. The summed E-state index contributed by atoms with van der Waals surface area (Å²) in [6, 6.07) is -0.313. The number of carbonyl (C=O) groups excluding carboxylic acids is 1. The first-order valence-electron chi connectivity index (χ1n) is 10.8. The van der Waals surface area contributed by atoms with Gasteiger partial charge in [0.25, 0.3) is 0 Å². The van der Waals surface area contributed by atoms with Crippen molar-refractivity contribution < 1.29 is 13.2 Å². The molecule has 1 amide bonds. The Hall–Kier alpha value is -1.74. The lowest BCUT2D eigenvalue weighted by atomic mass is 10.0. The van der Waals surface area contributed by atoms with Gasteiger partial charge in [0.2, 0.25) is 15.9 Å². The fraction of sp³-hybridized carbons (Fsp3) is 0.750. The van der Waals surface area contributed by atoms with Crippen LogP contribution in [0.5, 0.6) is 0 Å². The third-order valence-electron chi connectivity index (χ3n) is 6.57. The van der Waals surface area contributed by atoms with Crippen LogP contribution in [0.1, 0.15) is 75.0 Å². The van der Waals surface area contributed by atoms with Gasteiger partial charge in [0.15, 0.2) is 0 Å². The summed E-state index contributed by atoms with van der Waals surface area (Å²) >= 11 is 0. The molecule has 8 nitrogen and oxygen atoms in total. The molecular formula is C20H31N5O3S. The molecule has 9 heteroatoms. The van der Waals surface area contributed by atoms with E-state index in [1.54, 1.807) is 16.1 Å². The van der Waals surface area contributed by atoms with Crippen LogP contribution in [-0.2, 0) is 27.8 Å². The minimum absolute atomic E-state index is 0.0317. The normalized spacial score (nSPS) is 23.8. The van der Waals surface area contributed by atoms with Gasteiger partial charge >= 0.3 is 0 Å². The average molecular weight is 422 g/mol. The summed E-state index contributed by atoms with van der Waals surface area (Å²) in [7, 11) is -1.53. The van der Waals surface area contributed by atoms with Crippen molar-refractivity contribution in [2.45, 2.75) is 76.1 Å². The number of hydrogen-bond acceptors (Lipinski definition) is 6. The molecule has 2 fully saturated rings. The Bertz CT molecular complexity index is 882. The van der Waals surface area contributed by atoms with Gasteiger partial charge in [-0.05, 0) is 32.1 Å². The lowest BCUT2D eigenvalue weighted by Crippen LogP contribution is -2.40. The van der Waals surface area contributed by atoms with Crippen molar-refractivity contribution >= 4 is 21.7 Å². The van der Waals surface area contributed by atoms with Gasteiger partial charge in [-0.25, -0.2) is 18.4 Å². The van der Waals surface area contributed by atoms with Crippen molar-refractivity contribution in [1.82, 2.24) is 19.2 Å². The highest BCUT2D eigenvalue weighted by Gasteiger charge is 2.42. The minimum atomic E-state index is -3.36. The molecule has 3 heterocycles. The van der Waals surface area contributed by atoms with Crippen LogP contribution >= 0.6 is 0 Å². The molecule has 1 aromatic heterocycles. The van der Waals surface area contributed by atoms with E-state index in [9.17, 15) is 13.2 Å². The summed E-state index contributed by atoms with van der Waals surface area (Å²) in [6.07, 6.45) is 6.89. The minimum Gasteiger partial charge on any atom is -0.373 e. The van der Waals surface area contributed by atoms with Crippen LogP contribution in [0.4, 0.5) is 5.82 Å². The molecule has 0 bridgehead atoms. The zero-order chi connectivity index (χ0) is 20.6. The maximum atomic E-state index is 13.4. The number of hydrogen-bond donors (Lipinski definition) is 1. The van der Waals surface area contributed by atoms with E-state index in [2.05, 4.69) is 5.32 Å². The molecule has 1 saturated heterocycles. The Balaban J connectivity index is 1.66. The Morgan fingerprint density at radius 3 is 2.52 bits per heavy atom. The maximum Gasteiger partial charge on any atom is 0.219 e. The third kappa shape index (κ3) is 3.86. The summed E-state index contributed by atoms with van der Waals surface area (Å²) in [6.45, 7) is 3.22. The van der Waals surface area contributed by atoms with Gasteiger partial charge in [0.05, 0.1) is 23.5 Å². The van der Waals surface area contributed by atoms with E-state index >= 15 is 0 Å². The summed E-state index contributed by atoms with van der Waals surface area (Å²) in [5.74, 6) is 1.36. The van der Waals surface area contributed by atoms with E-state index in [1.807, 2.05) is 7.05 Å². The smallest absolute Gasteiger partial charge is 0.219 e. The van der Waals surface area contributed by atoms with Gasteiger partial charge in [-0.3, -0.25) is 4.79 Å². The Kier molecular flexibility index (Phi) is 5.79. The first-order chi connectivity index (χ1) is 13.9. The zero-order valence-electron chi connectivity index (χ0n) is 17.4. The molecule has 160 valence electrons. The van der Waals surface area contributed by atoms with Crippen LogP contribution in [0, 0.1) is 0 Å². The van der Waals surface area contributed by atoms with Gasteiger partial charge in [0, 0.05) is 32.6 Å². The molecule has 0 radical (unpaired) electrons. The molecule has 1 saturated carbocycles. The molecule has 1 aliphatic carbocycles. The molecule has 1 aromatic rings. The second-order valence-electron chi connectivity index (χ2n) is 8.37. The Morgan fingerprint density at radius 1 is 1.07 bits per heavy atom. The maximum absolute atomic E-state index is 13.4. The highest BCUT2D eigenvalue weighted by molar-refractivity contribution is 7.89. The highest BCUT2D eigenvalue weighted by atomic mass is 32.2. The number of fused-ring (bicyclic) bond motifs is 1. The van der Waals surface area contributed by atoms with Crippen molar-refractivity contribution in [2.75, 3.05) is 25.5 Å². The van der Waals surface area contributed by atoms with Gasteiger partial charge < -0.3 is 10.2 Å². The Labute approximate surface area is 173 Å². The number of aromatic nitrogens is 2. The molecular weight excluding hydrogens is 390 g/mol. The number of nitrogens with zero attached hydrogens (tertiary/aromatic N) is 4.